The number of nitrogens with one attached hydrogen (secondary N) is 2. The van der Waals surface area contributed by atoms with E-state index in [1.807, 2.05) is 50.2 Å². The van der Waals surface area contributed by atoms with Crippen LogP contribution in [0.3, 0.4) is 0 Å². The van der Waals surface area contributed by atoms with Crippen LogP contribution in [0.4, 0.5) is 10.5 Å². The highest BCUT2D eigenvalue weighted by Gasteiger charge is 2.20. The summed E-state index contributed by atoms with van der Waals surface area (Å²) in [5, 5.41) is 4.39. The molecule has 8 heteroatoms. The normalized spacial score (nSPS) is 12.1. The van der Waals surface area contributed by atoms with Crippen LogP contribution in [0.15, 0.2) is 65.5 Å². The first-order chi connectivity index (χ1) is 16.9. The van der Waals surface area contributed by atoms with E-state index in [1.165, 1.54) is 0 Å². The molecular weight excluding hydrogens is 466 g/mol. The highest BCUT2D eigenvalue weighted by molar-refractivity contribution is 6.30. The maximum atomic E-state index is 13.3. The highest BCUT2D eigenvalue weighted by atomic mass is 35.5. The van der Waals surface area contributed by atoms with E-state index >= 15 is 0 Å². The molecule has 1 aromatic heterocycles. The zero-order valence-corrected chi connectivity index (χ0v) is 20.1. The molecule has 35 heavy (non-hydrogen) atoms. The molecule has 0 unspecified atom stereocenters. The number of hydrogen-bond acceptors (Lipinski definition) is 4. The van der Waals surface area contributed by atoms with E-state index in [2.05, 4.69) is 10.3 Å². The molecule has 0 bridgehead atoms. The van der Waals surface area contributed by atoms with Gasteiger partial charge in [-0.05, 0) is 78.4 Å². The molecule has 0 aliphatic carbocycles. The highest BCUT2D eigenvalue weighted by Crippen LogP contribution is 2.33. The van der Waals surface area contributed by atoms with Gasteiger partial charge in [0.15, 0.2) is 11.5 Å². The van der Waals surface area contributed by atoms with Crippen molar-refractivity contribution in [3.8, 4) is 11.5 Å². The molecule has 2 heterocycles. The van der Waals surface area contributed by atoms with Crippen molar-refractivity contribution in [2.45, 2.75) is 26.9 Å². The summed E-state index contributed by atoms with van der Waals surface area (Å²) in [5.41, 5.74) is 4.68. The molecule has 0 radical (unpaired) electrons. The molecular formula is C27H24ClN3O4. The van der Waals surface area contributed by atoms with Crippen molar-refractivity contribution in [1.29, 1.82) is 0 Å². The number of halogens is 1. The standard InChI is InChI=1S/C27H24ClN3O4/c1-16-3-5-19-12-20(26(32)30-25(19)17(16)2)14-31(27(33)29-22-8-6-21(28)7-9-22)13-18-4-10-23-24(11-18)35-15-34-23/h3-12H,13-15H2,1-2H3,(H,29,33)(H,30,32). The van der Waals surface area contributed by atoms with Crippen LogP contribution in [0.25, 0.3) is 10.9 Å². The number of H-pyrrole nitrogens is 1. The first-order valence-electron chi connectivity index (χ1n) is 11.2. The molecule has 0 spiro atoms. The number of urea groups is 1. The van der Waals surface area contributed by atoms with Crippen molar-refractivity contribution in [3.05, 3.63) is 98.3 Å². The fourth-order valence-electron chi connectivity index (χ4n) is 4.09. The number of carbonyl (C=O) groups is 1. The predicted octanol–water partition coefficient (Wildman–Crippen LogP) is 5.76. The van der Waals surface area contributed by atoms with Gasteiger partial charge in [-0.15, -0.1) is 0 Å². The molecule has 0 atom stereocenters. The third-order valence-corrected chi connectivity index (χ3v) is 6.43. The van der Waals surface area contributed by atoms with Crippen molar-refractivity contribution in [1.82, 2.24) is 9.88 Å². The molecule has 0 fully saturated rings. The fourth-order valence-corrected chi connectivity index (χ4v) is 4.21. The second-order valence-corrected chi connectivity index (χ2v) is 9.01. The Morgan fingerprint density at radius 2 is 1.77 bits per heavy atom. The zero-order valence-electron chi connectivity index (χ0n) is 19.4. The predicted molar refractivity (Wildman–Crippen MR) is 136 cm³/mol. The summed E-state index contributed by atoms with van der Waals surface area (Å²) in [6.07, 6.45) is 0. The quantitative estimate of drug-likeness (QED) is 0.373. The van der Waals surface area contributed by atoms with Gasteiger partial charge in [0.25, 0.3) is 5.56 Å². The van der Waals surface area contributed by atoms with E-state index in [0.29, 0.717) is 27.8 Å². The Morgan fingerprint density at radius 3 is 2.57 bits per heavy atom. The van der Waals surface area contributed by atoms with Crippen LogP contribution < -0.4 is 20.3 Å². The van der Waals surface area contributed by atoms with E-state index in [9.17, 15) is 9.59 Å². The van der Waals surface area contributed by atoms with Crippen LogP contribution in [0.2, 0.25) is 5.02 Å². The summed E-state index contributed by atoms with van der Waals surface area (Å²) in [4.78, 5) is 30.9. The minimum absolute atomic E-state index is 0.117. The van der Waals surface area contributed by atoms with Gasteiger partial charge >= 0.3 is 6.03 Å². The molecule has 5 rings (SSSR count). The molecule has 178 valence electrons. The lowest BCUT2D eigenvalue weighted by Gasteiger charge is -2.23. The van der Waals surface area contributed by atoms with Crippen molar-refractivity contribution < 1.29 is 14.3 Å². The lowest BCUT2D eigenvalue weighted by Crippen LogP contribution is -2.35. The number of carbonyl (C=O) groups excluding carboxylic acids is 1. The molecule has 3 aromatic carbocycles. The maximum Gasteiger partial charge on any atom is 0.322 e. The second-order valence-electron chi connectivity index (χ2n) is 8.58. The number of amides is 2. The number of ether oxygens (including phenoxy) is 2. The Balaban J connectivity index is 1.47. The van der Waals surface area contributed by atoms with Gasteiger partial charge in [-0.1, -0.05) is 29.8 Å². The molecule has 2 N–H and O–H groups in total. The summed E-state index contributed by atoms with van der Waals surface area (Å²) in [6.45, 7) is 4.55. The van der Waals surface area contributed by atoms with Gasteiger partial charge in [-0.3, -0.25) is 4.79 Å². The maximum absolute atomic E-state index is 13.3. The van der Waals surface area contributed by atoms with Crippen molar-refractivity contribution in [2.75, 3.05) is 12.1 Å². The molecule has 0 saturated carbocycles. The molecule has 0 saturated heterocycles. The first kappa shape index (κ1) is 22.8. The Hall–Kier alpha value is -3.97. The van der Waals surface area contributed by atoms with Gasteiger partial charge in [0.05, 0.1) is 12.1 Å². The third-order valence-electron chi connectivity index (χ3n) is 6.18. The third kappa shape index (κ3) is 4.81. The van der Waals surface area contributed by atoms with Gasteiger partial charge in [0.1, 0.15) is 0 Å². The van der Waals surface area contributed by atoms with Crippen LogP contribution in [0, 0.1) is 13.8 Å². The smallest absolute Gasteiger partial charge is 0.322 e. The van der Waals surface area contributed by atoms with Gasteiger partial charge in [0, 0.05) is 22.8 Å². The monoisotopic (exact) mass is 489 g/mol. The number of hydrogen-bond donors (Lipinski definition) is 2. The Bertz CT molecular complexity index is 1480. The summed E-state index contributed by atoms with van der Waals surface area (Å²) in [7, 11) is 0. The number of rotatable bonds is 5. The summed E-state index contributed by atoms with van der Waals surface area (Å²) >= 11 is 5.97. The summed E-state index contributed by atoms with van der Waals surface area (Å²) in [5.74, 6) is 1.30. The van der Waals surface area contributed by atoms with E-state index < -0.39 is 0 Å². The Labute approximate surface area is 207 Å². The minimum atomic E-state index is -0.343. The van der Waals surface area contributed by atoms with E-state index in [1.54, 1.807) is 29.2 Å². The van der Waals surface area contributed by atoms with Crippen molar-refractivity contribution in [2.24, 2.45) is 0 Å². The van der Waals surface area contributed by atoms with E-state index in [0.717, 1.165) is 27.6 Å². The number of nitrogens with zero attached hydrogens (tertiary/aromatic N) is 1. The molecule has 2 amide bonds. The van der Waals surface area contributed by atoms with E-state index in [4.69, 9.17) is 21.1 Å². The number of fused-ring (bicyclic) bond motifs is 2. The zero-order chi connectivity index (χ0) is 24.5. The van der Waals surface area contributed by atoms with Crippen LogP contribution >= 0.6 is 11.6 Å². The average Bonchev–Trinajstić information content (AvgIpc) is 3.31. The Kier molecular flexibility index (Phi) is 6.09. The minimum Gasteiger partial charge on any atom is -0.454 e. The Morgan fingerprint density at radius 1 is 1.00 bits per heavy atom. The van der Waals surface area contributed by atoms with Crippen LogP contribution in [0.5, 0.6) is 11.5 Å². The van der Waals surface area contributed by atoms with Crippen LogP contribution in [-0.4, -0.2) is 22.7 Å². The lowest BCUT2D eigenvalue weighted by molar-refractivity contribution is 0.174. The van der Waals surface area contributed by atoms with Crippen LogP contribution in [-0.2, 0) is 13.1 Å². The van der Waals surface area contributed by atoms with Gasteiger partial charge in [-0.2, -0.15) is 0 Å². The molecule has 7 nitrogen and oxygen atoms in total. The first-order valence-corrected chi connectivity index (χ1v) is 11.6. The largest absolute Gasteiger partial charge is 0.454 e. The number of benzene rings is 3. The summed E-state index contributed by atoms with van der Waals surface area (Å²) in [6, 6.07) is 17.9. The topological polar surface area (TPSA) is 83.7 Å². The van der Waals surface area contributed by atoms with Crippen LogP contribution in [0.1, 0.15) is 22.3 Å². The van der Waals surface area contributed by atoms with Crippen molar-refractivity contribution in [3.63, 3.8) is 0 Å². The number of aromatic nitrogens is 1. The number of anilines is 1. The molecule has 1 aliphatic heterocycles. The number of pyridine rings is 1. The molecule has 1 aliphatic rings. The summed E-state index contributed by atoms with van der Waals surface area (Å²) < 4.78 is 10.9. The lowest BCUT2D eigenvalue weighted by atomic mass is 10.0. The average molecular weight is 490 g/mol. The number of aryl methyl sites for hydroxylation is 2. The van der Waals surface area contributed by atoms with E-state index in [-0.39, 0.29) is 31.5 Å². The molecule has 4 aromatic rings. The van der Waals surface area contributed by atoms with Crippen molar-refractivity contribution >= 4 is 34.2 Å². The van der Waals surface area contributed by atoms with Gasteiger partial charge in [-0.25, -0.2) is 4.79 Å². The number of aromatic amines is 1. The SMILES string of the molecule is Cc1ccc2cc(CN(Cc3ccc4c(c3)OCO4)C(=O)Nc3ccc(Cl)cc3)c(=O)[nH]c2c1C. The second kappa shape index (κ2) is 9.35. The van der Waals surface area contributed by atoms with Gasteiger partial charge in [0.2, 0.25) is 6.79 Å². The fraction of sp³-hybridized carbons (Fsp3) is 0.185. The van der Waals surface area contributed by atoms with Gasteiger partial charge < -0.3 is 24.7 Å².